The van der Waals surface area contributed by atoms with E-state index in [1.165, 1.54) is 0 Å². The number of rotatable bonds is 5. The lowest BCUT2D eigenvalue weighted by molar-refractivity contribution is 0.0722. The second-order valence-corrected chi connectivity index (χ2v) is 6.14. The first-order chi connectivity index (χ1) is 11.7. The van der Waals surface area contributed by atoms with Crippen molar-refractivity contribution in [2.45, 2.75) is 31.7 Å². The first-order valence-electron chi connectivity index (χ1n) is 8.41. The summed E-state index contributed by atoms with van der Waals surface area (Å²) in [5.41, 5.74) is 1.45. The van der Waals surface area contributed by atoms with E-state index in [1.807, 2.05) is 30.3 Å². The number of nitrogens with one attached hydrogen (secondary N) is 1. The monoisotopic (exact) mass is 326 g/mol. The zero-order chi connectivity index (χ0) is 16.9. The predicted molar refractivity (Wildman–Crippen MR) is 92.9 cm³/mol. The maximum Gasteiger partial charge on any atom is 0.261 e. The van der Waals surface area contributed by atoms with Crippen LogP contribution in [0.4, 0.5) is 0 Å². The highest BCUT2D eigenvalue weighted by Crippen LogP contribution is 2.23. The van der Waals surface area contributed by atoms with Crippen LogP contribution in [0.3, 0.4) is 0 Å². The van der Waals surface area contributed by atoms with Crippen LogP contribution < -0.4 is 5.56 Å². The number of nitrogens with zero attached hydrogens (tertiary/aromatic N) is 1. The normalized spacial score (nSPS) is 17.2. The van der Waals surface area contributed by atoms with Crippen molar-refractivity contribution in [2.75, 3.05) is 13.2 Å². The maximum atomic E-state index is 12.7. The summed E-state index contributed by atoms with van der Waals surface area (Å²) in [6, 6.07) is 13.1. The summed E-state index contributed by atoms with van der Waals surface area (Å²) in [4.78, 5) is 29.7. The molecular weight excluding hydrogens is 304 g/mol. The highest BCUT2D eigenvalue weighted by atomic mass is 16.3. The van der Waals surface area contributed by atoms with Gasteiger partial charge >= 0.3 is 0 Å². The predicted octanol–water partition coefficient (Wildman–Crippen LogP) is 2.42. The molecule has 3 rings (SSSR count). The molecule has 1 atom stereocenters. The number of carbonyl (C=O) groups excluding carboxylic acids is 1. The Kier molecular flexibility index (Phi) is 5.11. The standard InChI is InChI=1S/C19H22N2O3/c22-13-5-9-15-8-4-12-21(15)19(24)16-10-11-17(20-18(16)23)14-6-2-1-3-7-14/h1-3,6-7,10-11,15,22H,4-5,8-9,12-13H2,(H,20,23). The second kappa shape index (κ2) is 7.45. The van der Waals surface area contributed by atoms with Gasteiger partial charge in [0.25, 0.3) is 11.5 Å². The molecule has 2 N–H and O–H groups in total. The van der Waals surface area contributed by atoms with E-state index in [1.54, 1.807) is 17.0 Å². The van der Waals surface area contributed by atoms with Gasteiger partial charge in [0.15, 0.2) is 0 Å². The number of pyridine rings is 1. The molecule has 1 fully saturated rings. The third-order valence-corrected chi connectivity index (χ3v) is 4.56. The average Bonchev–Trinajstić information content (AvgIpc) is 3.08. The van der Waals surface area contributed by atoms with Gasteiger partial charge in [-0.3, -0.25) is 9.59 Å². The van der Waals surface area contributed by atoms with E-state index in [-0.39, 0.29) is 29.7 Å². The number of amides is 1. The van der Waals surface area contributed by atoms with Crippen LogP contribution in [-0.4, -0.2) is 40.1 Å². The molecular formula is C19H22N2O3. The highest BCUT2D eigenvalue weighted by Gasteiger charge is 2.30. The molecule has 126 valence electrons. The van der Waals surface area contributed by atoms with Gasteiger partial charge in [-0.25, -0.2) is 0 Å². The number of aromatic amines is 1. The zero-order valence-electron chi connectivity index (χ0n) is 13.6. The van der Waals surface area contributed by atoms with Crippen molar-refractivity contribution in [1.82, 2.24) is 9.88 Å². The number of H-pyrrole nitrogens is 1. The molecule has 0 bridgehead atoms. The highest BCUT2D eigenvalue weighted by molar-refractivity contribution is 5.94. The number of aromatic nitrogens is 1. The van der Waals surface area contributed by atoms with E-state index in [9.17, 15) is 9.59 Å². The molecule has 1 aliphatic heterocycles. The SMILES string of the molecule is O=C(c1ccc(-c2ccccc2)[nH]c1=O)N1CCCC1CCCO. The van der Waals surface area contributed by atoms with Crippen LogP contribution in [0, 0.1) is 0 Å². The van der Waals surface area contributed by atoms with E-state index in [0.717, 1.165) is 24.8 Å². The Balaban J connectivity index is 1.82. The van der Waals surface area contributed by atoms with E-state index in [0.29, 0.717) is 18.7 Å². The van der Waals surface area contributed by atoms with Crippen molar-refractivity contribution >= 4 is 5.91 Å². The Morgan fingerprint density at radius 1 is 1.21 bits per heavy atom. The van der Waals surface area contributed by atoms with E-state index >= 15 is 0 Å². The first-order valence-corrected chi connectivity index (χ1v) is 8.41. The molecule has 5 heteroatoms. The van der Waals surface area contributed by atoms with Gasteiger partial charge in [0.05, 0.1) is 0 Å². The minimum Gasteiger partial charge on any atom is -0.396 e. The van der Waals surface area contributed by atoms with E-state index < -0.39 is 0 Å². The van der Waals surface area contributed by atoms with Crippen molar-refractivity contribution in [3.63, 3.8) is 0 Å². The fraction of sp³-hybridized carbons (Fsp3) is 0.368. The van der Waals surface area contributed by atoms with Crippen LogP contribution in [0.2, 0.25) is 0 Å². The molecule has 1 aromatic heterocycles. The number of carbonyl (C=O) groups is 1. The van der Waals surface area contributed by atoms with Crippen LogP contribution in [0.15, 0.2) is 47.3 Å². The Bertz CT molecular complexity index is 755. The lowest BCUT2D eigenvalue weighted by Crippen LogP contribution is -2.38. The largest absolute Gasteiger partial charge is 0.396 e. The number of hydrogen-bond donors (Lipinski definition) is 2. The molecule has 0 radical (unpaired) electrons. The molecule has 0 saturated carbocycles. The van der Waals surface area contributed by atoms with Crippen molar-refractivity contribution < 1.29 is 9.90 Å². The van der Waals surface area contributed by atoms with Crippen LogP contribution in [0.5, 0.6) is 0 Å². The Morgan fingerprint density at radius 3 is 2.71 bits per heavy atom. The lowest BCUT2D eigenvalue weighted by Gasteiger charge is -2.24. The number of aliphatic hydroxyl groups is 1. The average molecular weight is 326 g/mol. The van der Waals surface area contributed by atoms with E-state index in [4.69, 9.17) is 5.11 Å². The third kappa shape index (κ3) is 3.41. The molecule has 1 aromatic carbocycles. The summed E-state index contributed by atoms with van der Waals surface area (Å²) in [5.74, 6) is -0.212. The quantitative estimate of drug-likeness (QED) is 0.886. The summed E-state index contributed by atoms with van der Waals surface area (Å²) in [6.45, 7) is 0.805. The molecule has 0 aliphatic carbocycles. The Morgan fingerprint density at radius 2 is 2.00 bits per heavy atom. The Labute approximate surface area is 140 Å². The molecule has 2 heterocycles. The second-order valence-electron chi connectivity index (χ2n) is 6.14. The molecule has 1 aliphatic rings. The maximum absolute atomic E-state index is 12.7. The molecule has 1 amide bonds. The van der Waals surface area contributed by atoms with Crippen LogP contribution in [0.1, 0.15) is 36.0 Å². The van der Waals surface area contributed by atoms with Gasteiger partial charge in [0, 0.05) is 24.9 Å². The van der Waals surface area contributed by atoms with Gasteiger partial charge in [0.2, 0.25) is 0 Å². The van der Waals surface area contributed by atoms with Gasteiger partial charge in [-0.2, -0.15) is 0 Å². The summed E-state index contributed by atoms with van der Waals surface area (Å²) < 4.78 is 0. The fourth-order valence-corrected chi connectivity index (χ4v) is 3.31. The van der Waals surface area contributed by atoms with Gasteiger partial charge < -0.3 is 15.0 Å². The van der Waals surface area contributed by atoms with Crippen molar-refractivity contribution in [1.29, 1.82) is 0 Å². The number of hydrogen-bond acceptors (Lipinski definition) is 3. The number of aliphatic hydroxyl groups excluding tert-OH is 1. The number of benzene rings is 1. The molecule has 0 spiro atoms. The number of likely N-dealkylation sites (tertiary alicyclic amines) is 1. The smallest absolute Gasteiger partial charge is 0.261 e. The topological polar surface area (TPSA) is 73.4 Å². The van der Waals surface area contributed by atoms with Crippen LogP contribution in [-0.2, 0) is 0 Å². The summed E-state index contributed by atoms with van der Waals surface area (Å²) in [6.07, 6.45) is 3.34. The summed E-state index contributed by atoms with van der Waals surface area (Å²) in [7, 11) is 0. The first kappa shape index (κ1) is 16.5. The molecule has 2 aromatic rings. The summed E-state index contributed by atoms with van der Waals surface area (Å²) >= 11 is 0. The van der Waals surface area contributed by atoms with Crippen LogP contribution in [0.25, 0.3) is 11.3 Å². The van der Waals surface area contributed by atoms with Gasteiger partial charge in [-0.05, 0) is 43.4 Å². The molecule has 1 unspecified atom stereocenters. The molecule has 5 nitrogen and oxygen atoms in total. The molecule has 24 heavy (non-hydrogen) atoms. The van der Waals surface area contributed by atoms with Gasteiger partial charge in [-0.1, -0.05) is 30.3 Å². The lowest BCUT2D eigenvalue weighted by atomic mass is 10.1. The fourth-order valence-electron chi connectivity index (χ4n) is 3.31. The molecule has 1 saturated heterocycles. The third-order valence-electron chi connectivity index (χ3n) is 4.56. The van der Waals surface area contributed by atoms with Crippen molar-refractivity contribution in [2.24, 2.45) is 0 Å². The van der Waals surface area contributed by atoms with Crippen molar-refractivity contribution in [3.05, 3.63) is 58.4 Å². The van der Waals surface area contributed by atoms with E-state index in [2.05, 4.69) is 4.98 Å². The summed E-state index contributed by atoms with van der Waals surface area (Å²) in [5, 5.41) is 8.99. The minimum atomic E-state index is -0.353. The van der Waals surface area contributed by atoms with Crippen LogP contribution >= 0.6 is 0 Å². The van der Waals surface area contributed by atoms with Gasteiger partial charge in [0.1, 0.15) is 5.56 Å². The van der Waals surface area contributed by atoms with Gasteiger partial charge in [-0.15, -0.1) is 0 Å². The van der Waals surface area contributed by atoms with Crippen molar-refractivity contribution in [3.8, 4) is 11.3 Å². The Hall–Kier alpha value is -2.40. The zero-order valence-corrected chi connectivity index (χ0v) is 13.6. The minimum absolute atomic E-state index is 0.123.